The summed E-state index contributed by atoms with van der Waals surface area (Å²) < 4.78 is 63.5. The smallest absolute Gasteiger partial charge is 0.400 e. The van der Waals surface area contributed by atoms with Gasteiger partial charge >= 0.3 is 13.3 Å². The van der Waals surface area contributed by atoms with E-state index in [1.54, 1.807) is 0 Å². The Morgan fingerprint density at radius 3 is 2.17 bits per heavy atom. The van der Waals surface area contributed by atoms with Crippen LogP contribution >= 0.6 is 0 Å². The summed E-state index contributed by atoms with van der Waals surface area (Å²) in [6.07, 6.45) is -3.32. The van der Waals surface area contributed by atoms with Crippen molar-refractivity contribution in [3.63, 3.8) is 0 Å². The third-order valence-electron chi connectivity index (χ3n) is 4.44. The zero-order chi connectivity index (χ0) is 18.3. The lowest BCUT2D eigenvalue weighted by atomic mass is 9.77. The predicted octanol–water partition coefficient (Wildman–Crippen LogP) is 3.82. The molecule has 24 heavy (non-hydrogen) atoms. The molecule has 0 atom stereocenters. The molecule has 2 N–H and O–H groups in total. The van der Waals surface area contributed by atoms with E-state index in [0.29, 0.717) is 5.47 Å². The van der Waals surface area contributed by atoms with Gasteiger partial charge in [-0.2, -0.15) is 13.2 Å². The molecule has 0 amide bonds. The minimum Gasteiger partial charge on any atom is -0.400 e. The lowest BCUT2D eigenvalue weighted by molar-refractivity contribution is -0.140. The monoisotopic (exact) mass is 345 g/mol. The van der Waals surface area contributed by atoms with Crippen LogP contribution in [0.1, 0.15) is 38.8 Å². The molecular weight excluding hydrogens is 325 g/mol. The molecule has 1 aromatic carbocycles. The first-order chi connectivity index (χ1) is 10.9. The van der Waals surface area contributed by atoms with Crippen molar-refractivity contribution in [3.8, 4) is 0 Å². The van der Waals surface area contributed by atoms with Gasteiger partial charge in [0.15, 0.2) is 0 Å². The molecule has 8 heteroatoms. The van der Waals surface area contributed by atoms with Crippen LogP contribution in [-0.2, 0) is 15.5 Å². The average molecular weight is 345 g/mol. The maximum Gasteiger partial charge on any atom is 0.491 e. The number of benzene rings is 1. The van der Waals surface area contributed by atoms with E-state index < -0.39 is 35.9 Å². The second-order valence-corrected chi connectivity index (χ2v) is 6.75. The fourth-order valence-electron chi connectivity index (χ4n) is 2.28. The molecule has 0 radical (unpaired) electrons. The zero-order valence-corrected chi connectivity index (χ0v) is 14.0. The van der Waals surface area contributed by atoms with Gasteiger partial charge in [0.05, 0.1) is 16.8 Å². The third-order valence-corrected chi connectivity index (χ3v) is 4.44. The van der Waals surface area contributed by atoms with Gasteiger partial charge in [-0.05, 0) is 50.9 Å². The van der Waals surface area contributed by atoms with E-state index in [1.807, 2.05) is 27.7 Å². The molecule has 0 spiro atoms. The van der Waals surface area contributed by atoms with Crippen molar-refractivity contribution in [1.82, 2.24) is 0 Å². The lowest BCUT2D eigenvalue weighted by Crippen LogP contribution is -2.41. The normalized spacial score (nSPS) is 20.5. The number of nitrogens with two attached hydrogens (primary N) is 1. The highest BCUT2D eigenvalue weighted by Crippen LogP contribution is 2.39. The second-order valence-electron chi connectivity index (χ2n) is 6.75. The van der Waals surface area contributed by atoms with Crippen LogP contribution < -0.4 is 5.73 Å². The molecular formula is C16H20BF4NO2. The van der Waals surface area contributed by atoms with Gasteiger partial charge < -0.3 is 15.0 Å². The minimum atomic E-state index is -4.76. The van der Waals surface area contributed by atoms with Crippen molar-refractivity contribution in [2.24, 2.45) is 5.73 Å². The van der Waals surface area contributed by atoms with Crippen molar-refractivity contribution >= 4 is 13.2 Å². The molecule has 0 aromatic heterocycles. The number of rotatable bonds is 3. The lowest BCUT2D eigenvalue weighted by Gasteiger charge is -2.32. The summed E-state index contributed by atoms with van der Waals surface area (Å²) in [5, 5.41) is 0. The van der Waals surface area contributed by atoms with E-state index in [-0.39, 0.29) is 12.1 Å². The number of halogens is 4. The second kappa shape index (κ2) is 6.17. The van der Waals surface area contributed by atoms with Gasteiger partial charge in [0.1, 0.15) is 5.82 Å². The minimum absolute atomic E-state index is 0.0373. The third kappa shape index (κ3) is 3.65. The van der Waals surface area contributed by atoms with Crippen molar-refractivity contribution in [3.05, 3.63) is 40.6 Å². The van der Waals surface area contributed by atoms with Crippen LogP contribution in [0.4, 0.5) is 17.6 Å². The fourth-order valence-corrected chi connectivity index (χ4v) is 2.28. The summed E-state index contributed by atoms with van der Waals surface area (Å²) in [5.41, 5.74) is 3.87. The van der Waals surface area contributed by atoms with E-state index in [0.717, 1.165) is 12.1 Å². The SMILES string of the molecule is CC1(C)OB(C(=Cc2ccc(F)c(C(F)(F)F)c2)CN)OC1(C)C. The van der Waals surface area contributed by atoms with Gasteiger partial charge in [0.2, 0.25) is 0 Å². The molecule has 0 saturated carbocycles. The summed E-state index contributed by atoms with van der Waals surface area (Å²) >= 11 is 0. The molecule has 1 heterocycles. The first kappa shape index (κ1) is 19.0. The van der Waals surface area contributed by atoms with Gasteiger partial charge in [-0.1, -0.05) is 12.1 Å². The van der Waals surface area contributed by atoms with Gasteiger partial charge in [-0.15, -0.1) is 0 Å². The Morgan fingerprint density at radius 1 is 1.17 bits per heavy atom. The molecule has 0 bridgehead atoms. The Morgan fingerprint density at radius 2 is 1.71 bits per heavy atom. The molecule has 1 aromatic rings. The Hall–Kier alpha value is -1.38. The maximum atomic E-state index is 13.4. The highest BCUT2D eigenvalue weighted by Gasteiger charge is 2.52. The summed E-state index contributed by atoms with van der Waals surface area (Å²) in [6.45, 7) is 7.48. The van der Waals surface area contributed by atoms with Crippen LogP contribution in [0.5, 0.6) is 0 Å². The van der Waals surface area contributed by atoms with E-state index in [2.05, 4.69) is 0 Å². The zero-order valence-electron chi connectivity index (χ0n) is 14.0. The summed E-state index contributed by atoms with van der Waals surface area (Å²) in [6, 6.07) is 2.79. The standard InChI is InChI=1S/C16H20BF4NO2/c1-14(2)15(3,4)24-17(23-14)11(9-22)7-10-5-6-13(18)12(8-10)16(19,20)21/h5-8H,9,22H2,1-4H3. The fraction of sp³-hybridized carbons (Fsp3) is 0.500. The molecule has 1 saturated heterocycles. The molecule has 3 nitrogen and oxygen atoms in total. The molecule has 1 aliphatic rings. The Balaban J connectivity index is 2.36. The van der Waals surface area contributed by atoms with E-state index >= 15 is 0 Å². The molecule has 0 unspecified atom stereocenters. The van der Waals surface area contributed by atoms with Crippen LogP contribution in [0.3, 0.4) is 0 Å². The number of hydrogen-bond acceptors (Lipinski definition) is 3. The highest BCUT2D eigenvalue weighted by atomic mass is 19.4. The molecule has 132 valence electrons. The van der Waals surface area contributed by atoms with Crippen LogP contribution in [-0.4, -0.2) is 24.9 Å². The topological polar surface area (TPSA) is 44.5 Å². The van der Waals surface area contributed by atoms with Crippen molar-refractivity contribution in [2.75, 3.05) is 6.54 Å². The van der Waals surface area contributed by atoms with E-state index in [9.17, 15) is 17.6 Å². The van der Waals surface area contributed by atoms with Crippen LogP contribution in [0.25, 0.3) is 6.08 Å². The van der Waals surface area contributed by atoms with Gasteiger partial charge in [0.25, 0.3) is 0 Å². The summed E-state index contributed by atoms with van der Waals surface area (Å²) in [4.78, 5) is 0. The molecule has 1 fully saturated rings. The number of hydrogen-bond donors (Lipinski definition) is 1. The van der Waals surface area contributed by atoms with Crippen molar-refractivity contribution in [1.29, 1.82) is 0 Å². The van der Waals surface area contributed by atoms with Crippen LogP contribution in [0.15, 0.2) is 23.7 Å². The molecule has 2 rings (SSSR count). The molecule has 0 aliphatic carbocycles. The Bertz CT molecular complexity index is 640. The van der Waals surface area contributed by atoms with Crippen molar-refractivity contribution < 1.29 is 26.9 Å². The van der Waals surface area contributed by atoms with Gasteiger partial charge in [-0.25, -0.2) is 4.39 Å². The average Bonchev–Trinajstić information content (AvgIpc) is 2.65. The largest absolute Gasteiger partial charge is 0.491 e. The van der Waals surface area contributed by atoms with E-state index in [1.165, 1.54) is 12.1 Å². The van der Waals surface area contributed by atoms with Crippen LogP contribution in [0, 0.1) is 5.82 Å². The Kier molecular flexibility index (Phi) is 4.87. The first-order valence-corrected chi connectivity index (χ1v) is 7.50. The highest BCUT2D eigenvalue weighted by molar-refractivity contribution is 6.55. The van der Waals surface area contributed by atoms with Crippen molar-refractivity contribution in [2.45, 2.75) is 45.1 Å². The molecule has 1 aliphatic heterocycles. The maximum absolute atomic E-state index is 13.4. The van der Waals surface area contributed by atoms with Gasteiger partial charge in [0, 0.05) is 6.54 Å². The van der Waals surface area contributed by atoms with E-state index in [4.69, 9.17) is 15.0 Å². The Labute approximate surface area is 139 Å². The van der Waals surface area contributed by atoms with Crippen LogP contribution in [0.2, 0.25) is 0 Å². The van der Waals surface area contributed by atoms with Gasteiger partial charge in [-0.3, -0.25) is 0 Å². The quantitative estimate of drug-likeness (QED) is 0.669. The predicted molar refractivity (Wildman–Crippen MR) is 84.5 cm³/mol. The summed E-state index contributed by atoms with van der Waals surface area (Å²) in [5.74, 6) is -1.32. The summed E-state index contributed by atoms with van der Waals surface area (Å²) in [7, 11) is -0.764. The number of alkyl halides is 3. The first-order valence-electron chi connectivity index (χ1n) is 7.50.